The Morgan fingerprint density at radius 1 is 1.46 bits per heavy atom. The van der Waals surface area contributed by atoms with Crippen molar-refractivity contribution in [3.05, 3.63) is 22.8 Å². The minimum absolute atomic E-state index is 0.00802. The van der Waals surface area contributed by atoms with Crippen LogP contribution in [0.4, 0.5) is 10.6 Å². The van der Waals surface area contributed by atoms with Crippen molar-refractivity contribution in [1.82, 2.24) is 20.1 Å². The molecule has 2 aromatic heterocycles. The number of nitrogens with zero attached hydrogens (tertiary/aromatic N) is 3. The maximum absolute atomic E-state index is 12.3. The lowest BCUT2D eigenvalue weighted by atomic mass is 10.2. The predicted molar refractivity (Wildman–Crippen MR) is 93.6 cm³/mol. The lowest BCUT2D eigenvalue weighted by Crippen LogP contribution is -2.44. The number of hydrogen-bond donors (Lipinski definition) is 2. The Balaban J connectivity index is 1.57. The molecular weight excluding hydrogens is 326 g/mol. The number of aromatic nitrogens is 3. The molecule has 0 radical (unpaired) electrons. The summed E-state index contributed by atoms with van der Waals surface area (Å²) in [6.07, 6.45) is 6.36. The minimum atomic E-state index is -0.227. The van der Waals surface area contributed by atoms with Gasteiger partial charge in [0.15, 0.2) is 5.75 Å². The molecule has 1 saturated carbocycles. The molecule has 1 fully saturated rings. The zero-order chi connectivity index (χ0) is 17.1. The van der Waals surface area contributed by atoms with E-state index < -0.39 is 0 Å². The van der Waals surface area contributed by atoms with Crippen LogP contribution in [0.25, 0.3) is 0 Å². The molecule has 24 heavy (non-hydrogen) atoms. The van der Waals surface area contributed by atoms with Crippen molar-refractivity contribution in [3.63, 3.8) is 0 Å². The van der Waals surface area contributed by atoms with Crippen molar-refractivity contribution >= 4 is 23.2 Å². The number of urea groups is 1. The highest BCUT2D eigenvalue weighted by atomic mass is 32.1. The van der Waals surface area contributed by atoms with Crippen LogP contribution in [-0.2, 0) is 7.05 Å². The topological polar surface area (TPSA) is 81.1 Å². The fourth-order valence-corrected chi connectivity index (χ4v) is 3.70. The summed E-state index contributed by atoms with van der Waals surface area (Å²) in [6, 6.07) is -0.235. The van der Waals surface area contributed by atoms with E-state index in [2.05, 4.69) is 34.6 Å². The molecule has 1 aliphatic carbocycles. The van der Waals surface area contributed by atoms with Crippen molar-refractivity contribution in [2.45, 2.75) is 51.2 Å². The van der Waals surface area contributed by atoms with Crippen LogP contribution in [0, 0.1) is 0 Å². The van der Waals surface area contributed by atoms with Crippen LogP contribution in [0.3, 0.4) is 0 Å². The highest BCUT2D eigenvalue weighted by Crippen LogP contribution is 2.28. The van der Waals surface area contributed by atoms with Gasteiger partial charge in [-0.15, -0.1) is 11.3 Å². The van der Waals surface area contributed by atoms with Gasteiger partial charge in [-0.3, -0.25) is 10.00 Å². The number of rotatable bonds is 5. The van der Waals surface area contributed by atoms with Gasteiger partial charge >= 0.3 is 6.03 Å². The molecule has 0 aromatic carbocycles. The van der Waals surface area contributed by atoms with Gasteiger partial charge in [-0.25, -0.2) is 9.78 Å². The highest BCUT2D eigenvalue weighted by Gasteiger charge is 2.31. The van der Waals surface area contributed by atoms with Crippen LogP contribution in [0.2, 0.25) is 0 Å². The summed E-state index contributed by atoms with van der Waals surface area (Å²) >= 11 is 1.56. The van der Waals surface area contributed by atoms with Crippen molar-refractivity contribution in [2.75, 3.05) is 5.32 Å². The molecular formula is C16H23N5O2S. The second-order valence-corrected chi connectivity index (χ2v) is 7.25. The third-order valence-corrected chi connectivity index (χ3v) is 5.22. The van der Waals surface area contributed by atoms with Crippen LogP contribution < -0.4 is 15.4 Å². The Kier molecular flexibility index (Phi) is 5.03. The van der Waals surface area contributed by atoms with E-state index in [1.807, 2.05) is 13.2 Å². The number of nitrogens with one attached hydrogen (secondary N) is 2. The number of thiazole rings is 1. The normalized spacial score (nSPS) is 20.3. The molecule has 0 spiro atoms. The van der Waals surface area contributed by atoms with E-state index in [0.29, 0.717) is 11.7 Å². The van der Waals surface area contributed by atoms with E-state index in [0.717, 1.165) is 29.9 Å². The number of aryl methyl sites for hydroxylation is 1. The SMILES string of the molecule is CC(C)c1scnc1NC(=O)N[C@@H]1CCC[C@@H]1Oc1cnn(C)c1. The zero-order valence-electron chi connectivity index (χ0n) is 14.2. The standard InChI is InChI=1S/C16H23N5O2S/c1-10(2)14-15(17-9-24-14)20-16(22)19-12-5-4-6-13(12)23-11-7-18-21(3)8-11/h7-10,12-13H,4-6H2,1-3H3,(H2,19,20,22)/t12-,13+/m1/s1. The first-order chi connectivity index (χ1) is 11.5. The number of carbonyl (C=O) groups excluding carboxylic acids is 1. The molecule has 8 heteroatoms. The van der Waals surface area contributed by atoms with Gasteiger partial charge in [0.25, 0.3) is 0 Å². The fourth-order valence-electron chi connectivity index (χ4n) is 2.94. The number of anilines is 1. The number of ether oxygens (including phenoxy) is 1. The van der Waals surface area contributed by atoms with E-state index in [1.165, 1.54) is 0 Å². The van der Waals surface area contributed by atoms with Gasteiger partial charge in [0.05, 0.1) is 28.8 Å². The van der Waals surface area contributed by atoms with E-state index in [-0.39, 0.29) is 18.2 Å². The largest absolute Gasteiger partial charge is 0.485 e. The van der Waals surface area contributed by atoms with E-state index in [1.54, 1.807) is 27.7 Å². The molecule has 1 aliphatic rings. The maximum Gasteiger partial charge on any atom is 0.320 e. The molecule has 2 N–H and O–H groups in total. The average molecular weight is 349 g/mol. The van der Waals surface area contributed by atoms with Crippen molar-refractivity contribution < 1.29 is 9.53 Å². The summed E-state index contributed by atoms with van der Waals surface area (Å²) in [5.74, 6) is 1.72. The van der Waals surface area contributed by atoms with Crippen molar-refractivity contribution in [2.24, 2.45) is 7.05 Å². The summed E-state index contributed by atoms with van der Waals surface area (Å²) in [5.41, 5.74) is 1.76. The summed E-state index contributed by atoms with van der Waals surface area (Å²) in [4.78, 5) is 17.6. The molecule has 2 heterocycles. The quantitative estimate of drug-likeness (QED) is 0.869. The molecule has 0 saturated heterocycles. The number of hydrogen-bond acceptors (Lipinski definition) is 5. The average Bonchev–Trinajstić information content (AvgIpc) is 3.23. The third kappa shape index (κ3) is 3.87. The van der Waals surface area contributed by atoms with Crippen LogP contribution >= 0.6 is 11.3 Å². The Morgan fingerprint density at radius 3 is 3.00 bits per heavy atom. The summed E-state index contributed by atoms with van der Waals surface area (Å²) < 4.78 is 7.67. The first kappa shape index (κ1) is 16.8. The van der Waals surface area contributed by atoms with E-state index in [9.17, 15) is 4.79 Å². The molecule has 2 amide bonds. The molecule has 0 bridgehead atoms. The Bertz CT molecular complexity index is 696. The lowest BCUT2D eigenvalue weighted by molar-refractivity contribution is 0.175. The third-order valence-electron chi connectivity index (χ3n) is 4.09. The van der Waals surface area contributed by atoms with E-state index >= 15 is 0 Å². The fraction of sp³-hybridized carbons (Fsp3) is 0.562. The molecule has 7 nitrogen and oxygen atoms in total. The van der Waals surface area contributed by atoms with E-state index in [4.69, 9.17) is 4.74 Å². The van der Waals surface area contributed by atoms with Gasteiger partial charge in [0.2, 0.25) is 0 Å². The Hall–Kier alpha value is -2.09. The predicted octanol–water partition coefficient (Wildman–Crippen LogP) is 3.12. The highest BCUT2D eigenvalue weighted by molar-refractivity contribution is 7.10. The van der Waals surface area contributed by atoms with Crippen LogP contribution in [0.5, 0.6) is 5.75 Å². The van der Waals surface area contributed by atoms with Crippen LogP contribution in [-0.4, -0.2) is 32.9 Å². The molecule has 0 aliphatic heterocycles. The van der Waals surface area contributed by atoms with Crippen LogP contribution in [0.1, 0.15) is 43.9 Å². The molecule has 2 aromatic rings. The maximum atomic E-state index is 12.3. The first-order valence-electron chi connectivity index (χ1n) is 8.19. The number of carbonyl (C=O) groups is 1. The van der Waals surface area contributed by atoms with Crippen LogP contribution in [0.15, 0.2) is 17.9 Å². The lowest BCUT2D eigenvalue weighted by Gasteiger charge is -2.21. The number of amides is 2. The summed E-state index contributed by atoms with van der Waals surface area (Å²) in [6.45, 7) is 4.18. The molecule has 3 rings (SSSR count). The van der Waals surface area contributed by atoms with Gasteiger partial charge in [-0.05, 0) is 25.2 Å². The van der Waals surface area contributed by atoms with Crippen molar-refractivity contribution in [1.29, 1.82) is 0 Å². The van der Waals surface area contributed by atoms with Gasteiger partial charge < -0.3 is 10.1 Å². The van der Waals surface area contributed by atoms with Crippen molar-refractivity contribution in [3.8, 4) is 5.75 Å². The second-order valence-electron chi connectivity index (χ2n) is 6.36. The Labute approximate surface area is 145 Å². The minimum Gasteiger partial charge on any atom is -0.485 e. The smallest absolute Gasteiger partial charge is 0.320 e. The van der Waals surface area contributed by atoms with Gasteiger partial charge in [0.1, 0.15) is 11.9 Å². The van der Waals surface area contributed by atoms with Gasteiger partial charge in [-0.1, -0.05) is 13.8 Å². The second kappa shape index (κ2) is 7.21. The molecule has 2 atom stereocenters. The van der Waals surface area contributed by atoms with Gasteiger partial charge in [0, 0.05) is 7.05 Å². The zero-order valence-corrected chi connectivity index (χ0v) is 15.0. The summed E-state index contributed by atoms with van der Waals surface area (Å²) in [5, 5.41) is 9.99. The summed E-state index contributed by atoms with van der Waals surface area (Å²) in [7, 11) is 1.85. The first-order valence-corrected chi connectivity index (χ1v) is 9.07. The van der Waals surface area contributed by atoms with Gasteiger partial charge in [-0.2, -0.15) is 5.10 Å². The Morgan fingerprint density at radius 2 is 2.29 bits per heavy atom. The molecule has 0 unspecified atom stereocenters. The molecule has 130 valence electrons. The monoisotopic (exact) mass is 349 g/mol.